The molecule has 0 bridgehead atoms. The van der Waals surface area contributed by atoms with Crippen LogP contribution in [0.25, 0.3) is 0 Å². The molecule has 4 N–H and O–H groups in total. The van der Waals surface area contributed by atoms with Gasteiger partial charge in [-0.2, -0.15) is 13.2 Å². The molecule has 1 unspecified atom stereocenters. The highest BCUT2D eigenvalue weighted by Crippen LogP contribution is 2.22. The minimum absolute atomic E-state index is 0.0338. The minimum Gasteiger partial charge on any atom is -0.366 e. The molecular formula is C28H29ClF3N5O4. The molecule has 3 rings (SSSR count). The van der Waals surface area contributed by atoms with Crippen LogP contribution < -0.4 is 16.4 Å². The first-order valence-corrected chi connectivity index (χ1v) is 12.7. The van der Waals surface area contributed by atoms with Crippen molar-refractivity contribution in [2.75, 3.05) is 0 Å². The molecule has 3 amide bonds. The Morgan fingerprint density at radius 2 is 1.59 bits per heavy atom. The molecule has 0 saturated carbocycles. The van der Waals surface area contributed by atoms with Gasteiger partial charge in [0.1, 0.15) is 12.4 Å². The highest BCUT2D eigenvalue weighted by molar-refractivity contribution is 6.30. The highest BCUT2D eigenvalue weighted by Gasteiger charge is 2.45. The summed E-state index contributed by atoms with van der Waals surface area (Å²) in [5, 5.41) is 5.26. The molecule has 0 aliphatic rings. The Kier molecular flexibility index (Phi) is 12.4. The Morgan fingerprint density at radius 3 is 2.10 bits per heavy atom. The Labute approximate surface area is 239 Å². The Morgan fingerprint density at radius 1 is 0.951 bits per heavy atom. The second-order valence-electron chi connectivity index (χ2n) is 9.12. The summed E-state index contributed by atoms with van der Waals surface area (Å²) in [6, 6.07) is 12.0. The van der Waals surface area contributed by atoms with E-state index < -0.39 is 47.7 Å². The first-order chi connectivity index (χ1) is 19.3. The third-order valence-electron chi connectivity index (χ3n) is 5.60. The molecule has 9 nitrogen and oxygen atoms in total. The standard InChI is InChI=1S/C23H24ClF3N2O3.C5H5N3O/c1-14(2)19(21(31)23(25,26)27)29-22(32)20(16-8-4-3-5-9-16)28-18(30)12-11-15-7-6-10-17(24)13-15;6-5(9)4-1-7-3-8-2-4/h3-10,13-14,19-20H,11-12H2,1-2H3,(H,28,30)(H,29,32);1-3H,(H2,6,9)/t19-,20?;/m0./s1. The molecule has 13 heteroatoms. The number of primary amides is 1. The molecule has 0 aliphatic heterocycles. The maximum Gasteiger partial charge on any atom is 0.452 e. The number of halogens is 4. The number of alkyl halides is 3. The normalized spacial score (nSPS) is 12.4. The van der Waals surface area contributed by atoms with Gasteiger partial charge in [0.15, 0.2) is 0 Å². The molecule has 41 heavy (non-hydrogen) atoms. The van der Waals surface area contributed by atoms with E-state index in [9.17, 15) is 32.3 Å². The first-order valence-electron chi connectivity index (χ1n) is 12.3. The van der Waals surface area contributed by atoms with Crippen molar-refractivity contribution in [3.8, 4) is 0 Å². The topological polar surface area (TPSA) is 144 Å². The molecule has 0 aliphatic carbocycles. The number of ketones is 1. The summed E-state index contributed by atoms with van der Waals surface area (Å²) >= 11 is 5.94. The molecule has 0 spiro atoms. The fourth-order valence-corrected chi connectivity index (χ4v) is 3.72. The molecule has 1 aromatic heterocycles. The summed E-state index contributed by atoms with van der Waals surface area (Å²) in [5.41, 5.74) is 6.43. The second-order valence-corrected chi connectivity index (χ2v) is 9.56. The molecule has 2 atom stereocenters. The second kappa shape index (κ2) is 15.5. The number of hydrogen-bond donors (Lipinski definition) is 3. The van der Waals surface area contributed by atoms with E-state index in [0.717, 1.165) is 5.56 Å². The van der Waals surface area contributed by atoms with Gasteiger partial charge in [0.2, 0.25) is 11.8 Å². The molecule has 0 saturated heterocycles. The lowest BCUT2D eigenvalue weighted by molar-refractivity contribution is -0.175. The summed E-state index contributed by atoms with van der Waals surface area (Å²) in [6.07, 6.45) is -0.621. The summed E-state index contributed by atoms with van der Waals surface area (Å²) in [6.45, 7) is 2.80. The van der Waals surface area contributed by atoms with Gasteiger partial charge in [-0.1, -0.05) is 67.9 Å². The van der Waals surface area contributed by atoms with Gasteiger partial charge in [0.25, 0.3) is 11.7 Å². The predicted molar refractivity (Wildman–Crippen MR) is 145 cm³/mol. The highest BCUT2D eigenvalue weighted by atomic mass is 35.5. The maximum atomic E-state index is 13.0. The van der Waals surface area contributed by atoms with Gasteiger partial charge in [-0.25, -0.2) is 9.97 Å². The number of carbonyl (C=O) groups is 4. The smallest absolute Gasteiger partial charge is 0.366 e. The lowest BCUT2D eigenvalue weighted by atomic mass is 9.98. The van der Waals surface area contributed by atoms with Crippen molar-refractivity contribution in [2.45, 2.75) is 44.9 Å². The average Bonchev–Trinajstić information content (AvgIpc) is 2.93. The summed E-state index contributed by atoms with van der Waals surface area (Å²) in [7, 11) is 0. The van der Waals surface area contributed by atoms with Gasteiger partial charge < -0.3 is 16.4 Å². The predicted octanol–water partition coefficient (Wildman–Crippen LogP) is 3.98. The van der Waals surface area contributed by atoms with Gasteiger partial charge in [-0.15, -0.1) is 0 Å². The zero-order valence-corrected chi connectivity index (χ0v) is 22.9. The number of amides is 3. The Bertz CT molecular complexity index is 1330. The summed E-state index contributed by atoms with van der Waals surface area (Å²) in [4.78, 5) is 54.7. The third kappa shape index (κ3) is 11.0. The van der Waals surface area contributed by atoms with E-state index in [1.807, 2.05) is 0 Å². The van der Waals surface area contributed by atoms with Gasteiger partial charge >= 0.3 is 6.18 Å². The average molecular weight is 592 g/mol. The van der Waals surface area contributed by atoms with Crippen LogP contribution in [0.5, 0.6) is 0 Å². The van der Waals surface area contributed by atoms with Crippen LogP contribution in [0.2, 0.25) is 5.02 Å². The van der Waals surface area contributed by atoms with E-state index in [1.165, 1.54) is 32.6 Å². The molecule has 3 aromatic rings. The summed E-state index contributed by atoms with van der Waals surface area (Å²) in [5.74, 6) is -4.72. The van der Waals surface area contributed by atoms with E-state index in [4.69, 9.17) is 17.3 Å². The van der Waals surface area contributed by atoms with Crippen LogP contribution in [0.15, 0.2) is 73.3 Å². The van der Waals surface area contributed by atoms with Crippen LogP contribution >= 0.6 is 11.6 Å². The van der Waals surface area contributed by atoms with Crippen LogP contribution in [0.4, 0.5) is 13.2 Å². The maximum absolute atomic E-state index is 13.0. The van der Waals surface area contributed by atoms with Crippen LogP contribution in [-0.2, 0) is 20.8 Å². The van der Waals surface area contributed by atoms with Crippen molar-refractivity contribution < 1.29 is 32.3 Å². The lowest BCUT2D eigenvalue weighted by Crippen LogP contribution is -2.52. The Balaban J connectivity index is 0.000000553. The molecule has 2 aromatic carbocycles. The molecule has 1 heterocycles. The number of aromatic nitrogens is 2. The fourth-order valence-electron chi connectivity index (χ4n) is 3.50. The zero-order valence-electron chi connectivity index (χ0n) is 22.2. The number of carbonyl (C=O) groups excluding carboxylic acids is 4. The number of nitrogens with one attached hydrogen (secondary N) is 2. The van der Waals surface area contributed by atoms with Crippen molar-refractivity contribution in [1.29, 1.82) is 0 Å². The van der Waals surface area contributed by atoms with Crippen LogP contribution in [0, 0.1) is 5.92 Å². The lowest BCUT2D eigenvalue weighted by Gasteiger charge is -2.26. The van der Waals surface area contributed by atoms with Crippen LogP contribution in [-0.4, -0.2) is 45.7 Å². The molecular weight excluding hydrogens is 563 g/mol. The van der Waals surface area contributed by atoms with E-state index in [1.54, 1.807) is 54.6 Å². The third-order valence-corrected chi connectivity index (χ3v) is 5.84. The fraction of sp³-hybridized carbons (Fsp3) is 0.286. The number of benzene rings is 2. The monoisotopic (exact) mass is 591 g/mol. The summed E-state index contributed by atoms with van der Waals surface area (Å²) < 4.78 is 38.9. The number of nitrogens with two attached hydrogens (primary N) is 1. The largest absolute Gasteiger partial charge is 0.452 e. The van der Waals surface area contributed by atoms with E-state index in [2.05, 4.69) is 20.6 Å². The number of rotatable bonds is 10. The van der Waals surface area contributed by atoms with Crippen LogP contribution in [0.3, 0.4) is 0 Å². The quantitative estimate of drug-likeness (QED) is 0.325. The van der Waals surface area contributed by atoms with E-state index >= 15 is 0 Å². The molecule has 0 fully saturated rings. The Hall–Kier alpha value is -4.32. The number of nitrogens with zero attached hydrogens (tertiary/aromatic N) is 2. The van der Waals surface area contributed by atoms with Gasteiger partial charge in [0, 0.05) is 23.8 Å². The van der Waals surface area contributed by atoms with Crippen molar-refractivity contribution in [2.24, 2.45) is 11.7 Å². The minimum atomic E-state index is -5.09. The van der Waals surface area contributed by atoms with Gasteiger partial charge in [0.05, 0.1) is 11.6 Å². The zero-order chi connectivity index (χ0) is 30.6. The number of hydrogen-bond acceptors (Lipinski definition) is 6. The van der Waals surface area contributed by atoms with Gasteiger partial charge in [-0.05, 0) is 35.6 Å². The van der Waals surface area contributed by atoms with Crippen LogP contribution in [0.1, 0.15) is 47.8 Å². The SMILES string of the molecule is CC(C)[C@H](NC(=O)C(NC(=O)CCc1cccc(Cl)c1)c1ccccc1)C(=O)C(F)(F)F.NC(=O)c1cncnc1. The molecule has 0 radical (unpaired) electrons. The van der Waals surface area contributed by atoms with Crippen molar-refractivity contribution >= 4 is 35.1 Å². The van der Waals surface area contributed by atoms with E-state index in [-0.39, 0.29) is 6.42 Å². The number of Topliss-reactive ketones (excluding diaryl/α,β-unsaturated/α-hetero) is 1. The van der Waals surface area contributed by atoms with Crippen molar-refractivity contribution in [3.63, 3.8) is 0 Å². The first kappa shape index (κ1) is 32.9. The van der Waals surface area contributed by atoms with E-state index in [0.29, 0.717) is 22.6 Å². The number of aryl methyl sites for hydroxylation is 1. The van der Waals surface area contributed by atoms with Crippen molar-refractivity contribution in [1.82, 2.24) is 20.6 Å². The van der Waals surface area contributed by atoms with Gasteiger partial charge in [-0.3, -0.25) is 19.2 Å². The van der Waals surface area contributed by atoms with Crippen molar-refractivity contribution in [3.05, 3.63) is 95.0 Å². The molecule has 218 valence electrons.